The third-order valence-corrected chi connectivity index (χ3v) is 9.76. The second-order valence-corrected chi connectivity index (χ2v) is 10.6. The molecule has 1 aliphatic heterocycles. The first-order valence-electron chi connectivity index (χ1n) is 10.9. The number of hydrogen-bond acceptors (Lipinski definition) is 3. The molecule has 3 nitrogen and oxygen atoms in total. The normalized spacial score (nSPS) is 57.0. The lowest BCUT2D eigenvalue weighted by atomic mass is 9.47. The summed E-state index contributed by atoms with van der Waals surface area (Å²) in [5.41, 5.74) is 1.52. The second kappa shape index (κ2) is 4.83. The van der Waals surface area contributed by atoms with Crippen LogP contribution < -0.4 is 0 Å². The molecule has 0 N–H and O–H groups in total. The molecule has 3 heteroatoms. The number of allylic oxidation sites excluding steroid dienone is 1. The summed E-state index contributed by atoms with van der Waals surface area (Å²) in [4.78, 5) is 24.0. The quantitative estimate of drug-likeness (QED) is 0.609. The van der Waals surface area contributed by atoms with Crippen molar-refractivity contribution in [3.63, 3.8) is 0 Å². The first-order chi connectivity index (χ1) is 12.4. The first-order valence-corrected chi connectivity index (χ1v) is 10.9. The Balaban J connectivity index is 1.40. The Bertz CT molecular complexity index is 738. The number of hydrogen-bond donors (Lipinski definition) is 0. The third kappa shape index (κ3) is 1.72. The van der Waals surface area contributed by atoms with E-state index in [-0.39, 0.29) is 17.0 Å². The van der Waals surface area contributed by atoms with Crippen molar-refractivity contribution >= 4 is 11.8 Å². The van der Waals surface area contributed by atoms with Gasteiger partial charge >= 0.3 is 5.97 Å². The molecule has 5 fully saturated rings. The Morgan fingerprint density at radius 2 is 1.96 bits per heavy atom. The molecule has 0 aromatic carbocycles. The number of ether oxygens (including phenoxy) is 1. The minimum atomic E-state index is -0.136. The summed E-state index contributed by atoms with van der Waals surface area (Å²) in [6.45, 7) is 4.91. The molecule has 26 heavy (non-hydrogen) atoms. The van der Waals surface area contributed by atoms with Crippen molar-refractivity contribution in [1.82, 2.24) is 0 Å². The van der Waals surface area contributed by atoms with Crippen molar-refractivity contribution in [2.24, 2.45) is 46.8 Å². The van der Waals surface area contributed by atoms with E-state index in [1.54, 1.807) is 0 Å². The summed E-state index contributed by atoms with van der Waals surface area (Å²) in [7, 11) is 0. The smallest absolute Gasteiger partial charge is 0.306 e. The van der Waals surface area contributed by atoms with Crippen LogP contribution in [0.5, 0.6) is 0 Å². The molecule has 0 aromatic rings. The molecule has 6 rings (SSSR count). The van der Waals surface area contributed by atoms with Gasteiger partial charge < -0.3 is 4.74 Å². The van der Waals surface area contributed by atoms with Crippen molar-refractivity contribution in [2.45, 2.75) is 70.8 Å². The van der Waals surface area contributed by atoms with E-state index < -0.39 is 0 Å². The summed E-state index contributed by atoms with van der Waals surface area (Å²) in [5, 5.41) is 0. The number of fused-ring (bicyclic) bond motifs is 9. The average Bonchev–Trinajstić information content (AvgIpc) is 3.24. The predicted molar refractivity (Wildman–Crippen MR) is 97.1 cm³/mol. The van der Waals surface area contributed by atoms with Gasteiger partial charge in [-0.3, -0.25) is 9.59 Å². The third-order valence-electron chi connectivity index (χ3n) is 9.76. The highest BCUT2D eigenvalue weighted by atomic mass is 16.6. The van der Waals surface area contributed by atoms with Gasteiger partial charge in [0.25, 0.3) is 0 Å². The maximum Gasteiger partial charge on any atom is 0.306 e. The number of carbonyl (C=O) groups is 2. The molecule has 3 unspecified atom stereocenters. The van der Waals surface area contributed by atoms with E-state index in [1.807, 2.05) is 6.08 Å². The van der Waals surface area contributed by atoms with E-state index in [2.05, 4.69) is 13.8 Å². The molecular formula is C23H30O3. The molecule has 6 aliphatic rings. The largest absolute Gasteiger partial charge is 0.458 e. The van der Waals surface area contributed by atoms with Crippen LogP contribution >= 0.6 is 0 Å². The van der Waals surface area contributed by atoms with Gasteiger partial charge in [0.15, 0.2) is 5.78 Å². The Labute approximate surface area is 155 Å². The molecule has 140 valence electrons. The second-order valence-electron chi connectivity index (χ2n) is 10.6. The Kier molecular flexibility index (Phi) is 2.95. The van der Waals surface area contributed by atoms with Crippen LogP contribution in [-0.4, -0.2) is 17.4 Å². The minimum Gasteiger partial charge on any atom is -0.458 e. The van der Waals surface area contributed by atoms with E-state index in [1.165, 1.54) is 24.8 Å². The van der Waals surface area contributed by atoms with Crippen LogP contribution in [0.2, 0.25) is 0 Å². The lowest BCUT2D eigenvalue weighted by Gasteiger charge is -2.58. The summed E-state index contributed by atoms with van der Waals surface area (Å²) < 4.78 is 6.18. The predicted octanol–water partition coefficient (Wildman–Crippen LogP) is 4.31. The molecule has 4 saturated carbocycles. The van der Waals surface area contributed by atoms with Gasteiger partial charge in [0.05, 0.1) is 0 Å². The Morgan fingerprint density at radius 1 is 1.12 bits per heavy atom. The van der Waals surface area contributed by atoms with E-state index in [4.69, 9.17) is 4.74 Å². The van der Waals surface area contributed by atoms with Crippen LogP contribution in [0.1, 0.15) is 65.2 Å². The molecule has 1 heterocycles. The summed E-state index contributed by atoms with van der Waals surface area (Å²) in [6.07, 6.45) is 10.3. The SMILES string of the molecule is C[C@H]1CC2=CC(=O)CC[C@@H]2C2CC[C@@]3(C)C(C21)[C@H]1C[C@H]1[C@@]31CCC(=O)O1. The zero-order chi connectivity index (χ0) is 17.8. The van der Waals surface area contributed by atoms with Crippen LogP contribution in [0.25, 0.3) is 0 Å². The van der Waals surface area contributed by atoms with Crippen LogP contribution in [-0.2, 0) is 14.3 Å². The fourth-order valence-corrected chi connectivity index (χ4v) is 8.92. The molecule has 9 atom stereocenters. The molecule has 0 aromatic heterocycles. The van der Waals surface area contributed by atoms with Crippen LogP contribution in [0.15, 0.2) is 11.6 Å². The summed E-state index contributed by atoms with van der Waals surface area (Å²) in [5.74, 6) is 5.38. The zero-order valence-electron chi connectivity index (χ0n) is 16.0. The highest BCUT2D eigenvalue weighted by molar-refractivity contribution is 5.91. The zero-order valence-corrected chi connectivity index (χ0v) is 16.0. The number of esters is 1. The maximum absolute atomic E-state index is 12.1. The molecule has 0 bridgehead atoms. The van der Waals surface area contributed by atoms with Gasteiger partial charge in [-0.15, -0.1) is 0 Å². The highest BCUT2D eigenvalue weighted by Crippen LogP contribution is 2.78. The Morgan fingerprint density at radius 3 is 2.73 bits per heavy atom. The average molecular weight is 354 g/mol. The number of carbonyl (C=O) groups excluding carboxylic acids is 2. The molecule has 1 saturated heterocycles. The van der Waals surface area contributed by atoms with Crippen molar-refractivity contribution in [2.75, 3.05) is 0 Å². The lowest BCUT2D eigenvalue weighted by molar-refractivity contribution is -0.176. The van der Waals surface area contributed by atoms with Gasteiger partial charge in [0.1, 0.15) is 5.60 Å². The van der Waals surface area contributed by atoms with Crippen LogP contribution in [0.3, 0.4) is 0 Å². The fourth-order valence-electron chi connectivity index (χ4n) is 8.92. The van der Waals surface area contributed by atoms with Gasteiger partial charge in [0, 0.05) is 24.2 Å². The van der Waals surface area contributed by atoms with Gasteiger partial charge in [-0.05, 0) is 80.1 Å². The summed E-state index contributed by atoms with van der Waals surface area (Å²) >= 11 is 0. The topological polar surface area (TPSA) is 43.4 Å². The molecule has 1 spiro atoms. The molecular weight excluding hydrogens is 324 g/mol. The van der Waals surface area contributed by atoms with Crippen LogP contribution in [0.4, 0.5) is 0 Å². The van der Waals surface area contributed by atoms with Gasteiger partial charge in [-0.2, -0.15) is 0 Å². The van der Waals surface area contributed by atoms with Gasteiger partial charge in [-0.25, -0.2) is 0 Å². The molecule has 0 radical (unpaired) electrons. The molecule has 5 aliphatic carbocycles. The lowest BCUT2D eigenvalue weighted by Crippen LogP contribution is -2.56. The standard InChI is InChI=1S/C23H30O3/c1-12-9-13-10-14(24)3-4-15(13)16-5-7-22(2)21(20(12)16)17-11-18(17)23(22)8-6-19(25)26-23/h10,12,15-18,20-21H,3-9,11H2,1-2H3/t12-,15-,16?,17-,18+,20?,21?,22-,23-/m0/s1. The van der Waals surface area contributed by atoms with Crippen molar-refractivity contribution in [3.8, 4) is 0 Å². The number of ketones is 1. The van der Waals surface area contributed by atoms with Crippen molar-refractivity contribution < 1.29 is 14.3 Å². The number of rotatable bonds is 0. The monoisotopic (exact) mass is 354 g/mol. The van der Waals surface area contributed by atoms with Gasteiger partial charge in [-0.1, -0.05) is 19.4 Å². The maximum atomic E-state index is 12.1. The minimum absolute atomic E-state index is 0.0485. The van der Waals surface area contributed by atoms with Crippen molar-refractivity contribution in [3.05, 3.63) is 11.6 Å². The van der Waals surface area contributed by atoms with E-state index in [9.17, 15) is 9.59 Å². The molecule has 0 amide bonds. The van der Waals surface area contributed by atoms with E-state index >= 15 is 0 Å². The van der Waals surface area contributed by atoms with Gasteiger partial charge in [0.2, 0.25) is 0 Å². The van der Waals surface area contributed by atoms with Crippen molar-refractivity contribution in [1.29, 1.82) is 0 Å². The Hall–Kier alpha value is -1.12. The van der Waals surface area contributed by atoms with E-state index in [0.717, 1.165) is 49.4 Å². The highest BCUT2D eigenvalue weighted by Gasteiger charge is 2.78. The first kappa shape index (κ1) is 15.9. The fraction of sp³-hybridized carbons (Fsp3) is 0.826. The van der Waals surface area contributed by atoms with Crippen LogP contribution in [0, 0.1) is 46.8 Å². The van der Waals surface area contributed by atoms with E-state index in [0.29, 0.717) is 30.0 Å². The summed E-state index contributed by atoms with van der Waals surface area (Å²) in [6, 6.07) is 0.